The molecule has 0 fully saturated rings. The maximum atomic E-state index is 8.89. The van der Waals surface area contributed by atoms with Crippen LogP contribution in [0.1, 0.15) is 65.2 Å². The van der Waals surface area contributed by atoms with Gasteiger partial charge in [-0.05, 0) is 37.5 Å². The molecule has 0 aromatic heterocycles. The first-order valence-corrected chi connectivity index (χ1v) is 6.97. The van der Waals surface area contributed by atoms with Gasteiger partial charge >= 0.3 is 0 Å². The van der Waals surface area contributed by atoms with Crippen molar-refractivity contribution in [1.82, 2.24) is 0 Å². The molecule has 0 saturated heterocycles. The van der Waals surface area contributed by atoms with Gasteiger partial charge in [0.15, 0.2) is 0 Å². The van der Waals surface area contributed by atoms with Crippen LogP contribution in [0.15, 0.2) is 0 Å². The highest BCUT2D eigenvalue weighted by Gasteiger charge is 2.16. The van der Waals surface area contributed by atoms with E-state index in [9.17, 15) is 0 Å². The number of unbranched alkanes of at least 4 members (excludes halogenated alkanes) is 2. The van der Waals surface area contributed by atoms with Crippen LogP contribution in [-0.2, 0) is 0 Å². The fraction of sp³-hybridized carbons (Fsp3) is 1.00. The van der Waals surface area contributed by atoms with E-state index in [0.29, 0.717) is 19.1 Å². The van der Waals surface area contributed by atoms with Gasteiger partial charge in [-0.2, -0.15) is 0 Å². The van der Waals surface area contributed by atoms with Crippen LogP contribution >= 0.6 is 0 Å². The Morgan fingerprint density at radius 3 is 1.81 bits per heavy atom. The molecular weight excluding hydrogens is 200 g/mol. The average Bonchev–Trinajstić information content (AvgIpc) is 2.29. The van der Waals surface area contributed by atoms with Crippen LogP contribution < -0.4 is 0 Å². The first-order chi connectivity index (χ1) is 7.76. The Bertz CT molecular complexity index is 129. The summed E-state index contributed by atoms with van der Waals surface area (Å²) in [5, 5.41) is 17.8. The quantitative estimate of drug-likeness (QED) is 0.534. The van der Waals surface area contributed by atoms with Crippen LogP contribution in [0.5, 0.6) is 0 Å². The van der Waals surface area contributed by atoms with Gasteiger partial charge in [-0.15, -0.1) is 0 Å². The zero-order valence-electron chi connectivity index (χ0n) is 11.1. The van der Waals surface area contributed by atoms with E-state index < -0.39 is 0 Å². The molecule has 0 amide bonds. The normalized spacial score (nSPS) is 13.3. The zero-order valence-corrected chi connectivity index (χ0v) is 11.1. The van der Waals surface area contributed by atoms with Gasteiger partial charge < -0.3 is 10.2 Å². The fourth-order valence-corrected chi connectivity index (χ4v) is 2.37. The molecule has 0 aliphatic rings. The van der Waals surface area contributed by atoms with Crippen LogP contribution in [0, 0.1) is 11.8 Å². The monoisotopic (exact) mass is 230 g/mol. The lowest BCUT2D eigenvalue weighted by Gasteiger charge is -2.23. The Kier molecular flexibility index (Phi) is 11.3. The molecular formula is C14H30O2. The Labute approximate surface area is 101 Å². The highest BCUT2D eigenvalue weighted by Crippen LogP contribution is 2.27. The topological polar surface area (TPSA) is 40.5 Å². The molecule has 0 aromatic rings. The van der Waals surface area contributed by atoms with Crippen molar-refractivity contribution in [2.75, 3.05) is 13.2 Å². The Hall–Kier alpha value is -0.0800. The van der Waals surface area contributed by atoms with Gasteiger partial charge in [-0.1, -0.05) is 39.5 Å². The van der Waals surface area contributed by atoms with Crippen molar-refractivity contribution in [3.8, 4) is 0 Å². The summed E-state index contributed by atoms with van der Waals surface area (Å²) in [5.74, 6) is 1.43. The van der Waals surface area contributed by atoms with E-state index in [2.05, 4.69) is 13.8 Å². The predicted octanol–water partition coefficient (Wildman–Crippen LogP) is 3.36. The van der Waals surface area contributed by atoms with Crippen LogP contribution in [0.3, 0.4) is 0 Å². The smallest absolute Gasteiger partial charge is 0.0431 e. The number of rotatable bonds is 11. The van der Waals surface area contributed by atoms with Gasteiger partial charge in [-0.25, -0.2) is 0 Å². The van der Waals surface area contributed by atoms with Gasteiger partial charge in [-0.3, -0.25) is 0 Å². The lowest BCUT2D eigenvalue weighted by atomic mass is 9.83. The molecule has 0 radical (unpaired) electrons. The van der Waals surface area contributed by atoms with Crippen molar-refractivity contribution < 1.29 is 10.2 Å². The maximum Gasteiger partial charge on any atom is 0.0431 e. The van der Waals surface area contributed by atoms with E-state index in [-0.39, 0.29) is 0 Å². The van der Waals surface area contributed by atoms with E-state index in [1.807, 2.05) is 0 Å². The third-order valence-electron chi connectivity index (χ3n) is 3.53. The largest absolute Gasteiger partial charge is 0.396 e. The Morgan fingerprint density at radius 2 is 1.38 bits per heavy atom. The van der Waals surface area contributed by atoms with Crippen molar-refractivity contribution in [2.24, 2.45) is 11.8 Å². The lowest BCUT2D eigenvalue weighted by Crippen LogP contribution is -2.13. The summed E-state index contributed by atoms with van der Waals surface area (Å²) in [6.07, 6.45) is 9.29. The second-order valence-corrected chi connectivity index (χ2v) is 4.96. The Morgan fingerprint density at radius 1 is 0.812 bits per heavy atom. The summed E-state index contributed by atoms with van der Waals surface area (Å²) in [5.41, 5.74) is 0. The highest BCUT2D eigenvalue weighted by atomic mass is 16.3. The molecule has 2 heteroatoms. The fourth-order valence-electron chi connectivity index (χ4n) is 2.37. The van der Waals surface area contributed by atoms with Crippen molar-refractivity contribution in [3.63, 3.8) is 0 Å². The Balaban J connectivity index is 3.83. The standard InChI is InChI=1S/C14H30O2/c1-3-4-5-8-13(2)14(9-6-11-15)10-7-12-16/h13-16H,3-12H2,1-2H3. The van der Waals surface area contributed by atoms with Crippen molar-refractivity contribution >= 4 is 0 Å². The molecule has 1 atom stereocenters. The van der Waals surface area contributed by atoms with Gasteiger partial charge in [0.2, 0.25) is 0 Å². The van der Waals surface area contributed by atoms with Crippen LogP contribution in [0.25, 0.3) is 0 Å². The predicted molar refractivity (Wildman–Crippen MR) is 69.4 cm³/mol. The second kappa shape index (κ2) is 11.4. The summed E-state index contributed by atoms with van der Waals surface area (Å²) in [6.45, 7) is 5.17. The summed E-state index contributed by atoms with van der Waals surface area (Å²) < 4.78 is 0. The number of hydrogen-bond donors (Lipinski definition) is 2. The van der Waals surface area contributed by atoms with Crippen molar-refractivity contribution in [1.29, 1.82) is 0 Å². The molecule has 2 nitrogen and oxygen atoms in total. The van der Waals surface area contributed by atoms with Gasteiger partial charge in [0.25, 0.3) is 0 Å². The number of hydrogen-bond acceptors (Lipinski definition) is 2. The first kappa shape index (κ1) is 15.9. The molecule has 0 heterocycles. The van der Waals surface area contributed by atoms with E-state index >= 15 is 0 Å². The summed E-state index contributed by atoms with van der Waals surface area (Å²) in [6, 6.07) is 0. The van der Waals surface area contributed by atoms with Crippen molar-refractivity contribution in [2.45, 2.75) is 65.2 Å². The minimum atomic E-state index is 0.303. The molecule has 2 N–H and O–H groups in total. The molecule has 0 aliphatic heterocycles. The molecule has 0 aromatic carbocycles. The maximum absolute atomic E-state index is 8.89. The molecule has 98 valence electrons. The molecule has 1 unspecified atom stereocenters. The van der Waals surface area contributed by atoms with E-state index in [4.69, 9.17) is 10.2 Å². The van der Waals surface area contributed by atoms with Crippen LogP contribution in [0.4, 0.5) is 0 Å². The highest BCUT2D eigenvalue weighted by molar-refractivity contribution is 4.67. The molecule has 0 rings (SSSR count). The van der Waals surface area contributed by atoms with E-state index in [1.54, 1.807) is 0 Å². The summed E-state index contributed by atoms with van der Waals surface area (Å²) >= 11 is 0. The van der Waals surface area contributed by atoms with Gasteiger partial charge in [0.05, 0.1) is 0 Å². The van der Waals surface area contributed by atoms with Crippen LogP contribution in [0.2, 0.25) is 0 Å². The minimum Gasteiger partial charge on any atom is -0.396 e. The number of aliphatic hydroxyl groups is 2. The third kappa shape index (κ3) is 8.12. The van der Waals surface area contributed by atoms with Gasteiger partial charge in [0, 0.05) is 13.2 Å². The number of aliphatic hydroxyl groups excluding tert-OH is 2. The minimum absolute atomic E-state index is 0.303. The molecule has 0 bridgehead atoms. The van der Waals surface area contributed by atoms with E-state index in [0.717, 1.165) is 31.6 Å². The summed E-state index contributed by atoms with van der Waals surface area (Å²) in [7, 11) is 0. The molecule has 0 saturated carbocycles. The van der Waals surface area contributed by atoms with Crippen LogP contribution in [-0.4, -0.2) is 23.4 Å². The molecule has 0 spiro atoms. The lowest BCUT2D eigenvalue weighted by molar-refractivity contribution is 0.214. The zero-order chi connectivity index (χ0) is 12.2. The second-order valence-electron chi connectivity index (χ2n) is 4.96. The molecule has 0 aliphatic carbocycles. The SMILES string of the molecule is CCCCCC(C)C(CCCO)CCCO. The van der Waals surface area contributed by atoms with Gasteiger partial charge in [0.1, 0.15) is 0 Å². The average molecular weight is 230 g/mol. The van der Waals surface area contributed by atoms with Crippen molar-refractivity contribution in [3.05, 3.63) is 0 Å². The first-order valence-electron chi connectivity index (χ1n) is 6.97. The molecule has 16 heavy (non-hydrogen) atoms. The van der Waals surface area contributed by atoms with E-state index in [1.165, 1.54) is 25.7 Å². The summed E-state index contributed by atoms with van der Waals surface area (Å²) in [4.78, 5) is 0. The third-order valence-corrected chi connectivity index (χ3v) is 3.53.